The number of hydrogen-bond acceptors (Lipinski definition) is 3. The molecule has 0 saturated carbocycles. The highest BCUT2D eigenvalue weighted by atomic mass is 16.2. The molecule has 0 aliphatic carbocycles. The second-order valence-corrected chi connectivity index (χ2v) is 5.07. The van der Waals surface area contributed by atoms with E-state index in [1.54, 1.807) is 6.20 Å². The third kappa shape index (κ3) is 3.70. The van der Waals surface area contributed by atoms with Crippen LogP contribution in [0.25, 0.3) is 0 Å². The van der Waals surface area contributed by atoms with Crippen molar-refractivity contribution < 1.29 is 4.79 Å². The Morgan fingerprint density at radius 3 is 2.71 bits per heavy atom. The summed E-state index contributed by atoms with van der Waals surface area (Å²) in [6.07, 6.45) is 5.47. The first-order valence-corrected chi connectivity index (χ1v) is 7.27. The second kappa shape index (κ2) is 7.04. The minimum Gasteiger partial charge on any atom is -0.326 e. The van der Waals surface area contributed by atoms with Crippen molar-refractivity contribution in [1.82, 2.24) is 9.55 Å². The standard InChI is InChI=1S/C16H22N4O/c1-3-4-15-18-9-10-20(15)12(2)16(21)19-14-7-5-13(11-17)6-8-14/h5-10,12H,3-4,11,17H2,1-2H3,(H,19,21). The third-order valence-electron chi connectivity index (χ3n) is 3.48. The van der Waals surface area contributed by atoms with Crippen molar-refractivity contribution in [2.24, 2.45) is 5.73 Å². The van der Waals surface area contributed by atoms with Crippen LogP contribution in [0.2, 0.25) is 0 Å². The molecule has 0 aliphatic rings. The van der Waals surface area contributed by atoms with E-state index < -0.39 is 0 Å². The average Bonchev–Trinajstić information content (AvgIpc) is 2.96. The number of benzene rings is 1. The van der Waals surface area contributed by atoms with E-state index in [9.17, 15) is 4.79 Å². The van der Waals surface area contributed by atoms with Gasteiger partial charge in [0.25, 0.3) is 0 Å². The topological polar surface area (TPSA) is 72.9 Å². The molecule has 0 spiro atoms. The van der Waals surface area contributed by atoms with E-state index in [1.165, 1.54) is 0 Å². The van der Waals surface area contributed by atoms with Crippen LogP contribution in [0, 0.1) is 0 Å². The van der Waals surface area contributed by atoms with Crippen molar-refractivity contribution in [3.8, 4) is 0 Å². The van der Waals surface area contributed by atoms with E-state index in [0.29, 0.717) is 6.54 Å². The van der Waals surface area contributed by atoms with E-state index in [0.717, 1.165) is 29.9 Å². The summed E-state index contributed by atoms with van der Waals surface area (Å²) in [5.41, 5.74) is 7.38. The monoisotopic (exact) mass is 286 g/mol. The van der Waals surface area contributed by atoms with Crippen molar-refractivity contribution in [1.29, 1.82) is 0 Å². The van der Waals surface area contributed by atoms with E-state index in [2.05, 4.69) is 17.2 Å². The summed E-state index contributed by atoms with van der Waals surface area (Å²) in [6.45, 7) is 4.48. The third-order valence-corrected chi connectivity index (χ3v) is 3.48. The predicted molar refractivity (Wildman–Crippen MR) is 83.9 cm³/mol. The zero-order valence-electron chi connectivity index (χ0n) is 12.5. The molecule has 5 heteroatoms. The summed E-state index contributed by atoms with van der Waals surface area (Å²) >= 11 is 0. The number of carbonyl (C=O) groups excluding carboxylic acids is 1. The minimum atomic E-state index is -0.289. The minimum absolute atomic E-state index is 0.0501. The van der Waals surface area contributed by atoms with Crippen LogP contribution in [0.4, 0.5) is 5.69 Å². The Bertz CT molecular complexity index is 589. The van der Waals surface area contributed by atoms with Gasteiger partial charge in [0.1, 0.15) is 11.9 Å². The summed E-state index contributed by atoms with van der Waals surface area (Å²) in [6, 6.07) is 7.28. The van der Waals surface area contributed by atoms with E-state index in [1.807, 2.05) is 42.0 Å². The van der Waals surface area contributed by atoms with Gasteiger partial charge in [0.05, 0.1) is 0 Å². The Labute approximate surface area is 125 Å². The number of nitrogens with two attached hydrogens (primary N) is 1. The van der Waals surface area contributed by atoms with Gasteiger partial charge in [-0.3, -0.25) is 4.79 Å². The Balaban J connectivity index is 2.06. The highest BCUT2D eigenvalue weighted by molar-refractivity contribution is 5.93. The van der Waals surface area contributed by atoms with Crippen molar-refractivity contribution in [3.63, 3.8) is 0 Å². The number of amides is 1. The highest BCUT2D eigenvalue weighted by Crippen LogP contribution is 2.15. The fourth-order valence-electron chi connectivity index (χ4n) is 2.21. The van der Waals surface area contributed by atoms with Crippen LogP contribution in [0.5, 0.6) is 0 Å². The van der Waals surface area contributed by atoms with Gasteiger partial charge in [-0.2, -0.15) is 0 Å². The summed E-state index contributed by atoms with van der Waals surface area (Å²) in [7, 11) is 0. The van der Waals surface area contributed by atoms with Crippen LogP contribution in [0.1, 0.15) is 37.7 Å². The molecule has 1 heterocycles. The molecule has 0 bridgehead atoms. The molecule has 112 valence electrons. The van der Waals surface area contributed by atoms with E-state index in [4.69, 9.17) is 5.73 Å². The van der Waals surface area contributed by atoms with Gasteiger partial charge in [0, 0.05) is 31.0 Å². The SMILES string of the molecule is CCCc1nccn1C(C)C(=O)Nc1ccc(CN)cc1. The Morgan fingerprint density at radius 2 is 2.10 bits per heavy atom. The normalized spacial score (nSPS) is 12.1. The summed E-state index contributed by atoms with van der Waals surface area (Å²) < 4.78 is 1.92. The van der Waals surface area contributed by atoms with Gasteiger partial charge < -0.3 is 15.6 Å². The van der Waals surface area contributed by atoms with Gasteiger partial charge in [-0.05, 0) is 31.0 Å². The first-order chi connectivity index (χ1) is 10.2. The number of anilines is 1. The van der Waals surface area contributed by atoms with E-state index >= 15 is 0 Å². The average molecular weight is 286 g/mol. The largest absolute Gasteiger partial charge is 0.326 e. The number of aromatic nitrogens is 2. The lowest BCUT2D eigenvalue weighted by Gasteiger charge is -2.16. The molecule has 21 heavy (non-hydrogen) atoms. The Morgan fingerprint density at radius 1 is 1.38 bits per heavy atom. The number of aryl methyl sites for hydroxylation is 1. The molecule has 1 aromatic heterocycles. The summed E-state index contributed by atoms with van der Waals surface area (Å²) in [4.78, 5) is 16.6. The van der Waals surface area contributed by atoms with Gasteiger partial charge in [0.15, 0.2) is 0 Å². The lowest BCUT2D eigenvalue weighted by molar-refractivity contribution is -0.118. The van der Waals surface area contributed by atoms with Crippen molar-refractivity contribution in [3.05, 3.63) is 48.0 Å². The maximum atomic E-state index is 12.3. The Hall–Kier alpha value is -2.14. The number of rotatable bonds is 6. The van der Waals surface area contributed by atoms with Crippen LogP contribution >= 0.6 is 0 Å². The van der Waals surface area contributed by atoms with Crippen LogP contribution in [0.15, 0.2) is 36.7 Å². The molecule has 0 saturated heterocycles. The molecule has 1 aromatic carbocycles. The number of carbonyl (C=O) groups is 1. The lowest BCUT2D eigenvalue weighted by atomic mass is 10.2. The van der Waals surface area contributed by atoms with Crippen LogP contribution in [-0.4, -0.2) is 15.5 Å². The molecule has 0 fully saturated rings. The number of nitrogens with zero attached hydrogens (tertiary/aromatic N) is 2. The Kier molecular flexibility index (Phi) is 5.11. The molecule has 1 amide bonds. The molecular formula is C16H22N4O. The van der Waals surface area contributed by atoms with Crippen LogP contribution < -0.4 is 11.1 Å². The van der Waals surface area contributed by atoms with Gasteiger partial charge >= 0.3 is 0 Å². The quantitative estimate of drug-likeness (QED) is 0.857. The molecule has 0 aliphatic heterocycles. The number of imidazole rings is 1. The molecular weight excluding hydrogens is 264 g/mol. The first-order valence-electron chi connectivity index (χ1n) is 7.27. The molecule has 5 nitrogen and oxygen atoms in total. The van der Waals surface area contributed by atoms with E-state index in [-0.39, 0.29) is 11.9 Å². The van der Waals surface area contributed by atoms with Gasteiger partial charge in [-0.25, -0.2) is 4.98 Å². The van der Waals surface area contributed by atoms with Gasteiger partial charge in [0.2, 0.25) is 5.91 Å². The maximum Gasteiger partial charge on any atom is 0.247 e. The number of nitrogens with one attached hydrogen (secondary N) is 1. The van der Waals surface area contributed by atoms with Crippen molar-refractivity contribution in [2.75, 3.05) is 5.32 Å². The highest BCUT2D eigenvalue weighted by Gasteiger charge is 2.17. The zero-order valence-corrected chi connectivity index (χ0v) is 12.5. The number of hydrogen-bond donors (Lipinski definition) is 2. The van der Waals surface area contributed by atoms with Gasteiger partial charge in [-0.15, -0.1) is 0 Å². The van der Waals surface area contributed by atoms with Crippen molar-refractivity contribution in [2.45, 2.75) is 39.3 Å². The molecule has 2 aromatic rings. The summed E-state index contributed by atoms with van der Waals surface area (Å²) in [5, 5.41) is 2.92. The molecule has 2 rings (SSSR count). The molecule has 1 atom stereocenters. The van der Waals surface area contributed by atoms with Crippen molar-refractivity contribution >= 4 is 11.6 Å². The first kappa shape index (κ1) is 15.3. The smallest absolute Gasteiger partial charge is 0.247 e. The molecule has 0 radical (unpaired) electrons. The van der Waals surface area contributed by atoms with Crippen LogP contribution in [-0.2, 0) is 17.8 Å². The zero-order chi connectivity index (χ0) is 15.2. The second-order valence-electron chi connectivity index (χ2n) is 5.07. The lowest BCUT2D eigenvalue weighted by Crippen LogP contribution is -2.24. The summed E-state index contributed by atoms with van der Waals surface area (Å²) in [5.74, 6) is 0.893. The molecule has 1 unspecified atom stereocenters. The molecule has 3 N–H and O–H groups in total. The fourth-order valence-corrected chi connectivity index (χ4v) is 2.21. The predicted octanol–water partition coefficient (Wildman–Crippen LogP) is 2.49. The fraction of sp³-hybridized carbons (Fsp3) is 0.375. The van der Waals surface area contributed by atoms with Crippen LogP contribution in [0.3, 0.4) is 0 Å². The maximum absolute atomic E-state index is 12.3. The van der Waals surface area contributed by atoms with Gasteiger partial charge in [-0.1, -0.05) is 19.1 Å².